The topological polar surface area (TPSA) is 38.1 Å². The maximum absolute atomic E-state index is 14.2. The number of fused-ring (bicyclic) bond motifs is 2. The Morgan fingerprint density at radius 1 is 1.16 bits per heavy atom. The van der Waals surface area contributed by atoms with Gasteiger partial charge in [-0.2, -0.15) is 0 Å². The molecule has 1 aliphatic carbocycles. The lowest BCUT2D eigenvalue weighted by molar-refractivity contribution is -0.343. The minimum atomic E-state index is -2.70. The van der Waals surface area contributed by atoms with Gasteiger partial charge in [0.2, 0.25) is 0 Å². The zero-order valence-corrected chi connectivity index (χ0v) is 22.2. The second kappa shape index (κ2) is 9.94. The molecule has 1 aromatic carbocycles. The first-order valence-corrected chi connectivity index (χ1v) is 12.6. The Morgan fingerprint density at radius 2 is 1.95 bits per heavy atom. The molecule has 0 radical (unpaired) electrons. The summed E-state index contributed by atoms with van der Waals surface area (Å²) in [5, 5.41) is 0.796. The van der Waals surface area contributed by atoms with Gasteiger partial charge in [0.1, 0.15) is 5.58 Å². The maximum atomic E-state index is 14.2. The average molecular weight is 509 g/mol. The SMILES string of the molecule is CC1=CC(C)=[N+](B(F)F)/C1=C(/C=C/c1cc2cc3c(cc2oc1=O)C#C/C=C\CC3)c1c(C)cc(C)n1C. The molecule has 1 aliphatic heterocycles. The summed E-state index contributed by atoms with van der Waals surface area (Å²) >= 11 is 0. The molecular weight excluding hydrogens is 481 g/mol. The molecule has 7 heteroatoms. The first-order valence-electron chi connectivity index (χ1n) is 12.6. The highest BCUT2D eigenvalue weighted by atomic mass is 19.2. The molecule has 0 saturated heterocycles. The van der Waals surface area contributed by atoms with Crippen molar-refractivity contribution in [1.82, 2.24) is 4.57 Å². The van der Waals surface area contributed by atoms with E-state index in [0.717, 1.165) is 56.4 Å². The predicted molar refractivity (Wildman–Crippen MR) is 150 cm³/mol. The van der Waals surface area contributed by atoms with Crippen LogP contribution in [0.4, 0.5) is 8.63 Å². The Labute approximate surface area is 221 Å². The van der Waals surface area contributed by atoms with Gasteiger partial charge in [0, 0.05) is 42.3 Å². The molecule has 4 nitrogen and oxygen atoms in total. The fourth-order valence-electron chi connectivity index (χ4n) is 5.34. The van der Waals surface area contributed by atoms with Crippen LogP contribution in [0, 0.1) is 25.7 Å². The van der Waals surface area contributed by atoms with Gasteiger partial charge in [0.05, 0.1) is 16.8 Å². The number of hydrogen-bond donors (Lipinski definition) is 0. The van der Waals surface area contributed by atoms with E-state index in [0.29, 0.717) is 28.1 Å². The molecule has 0 fully saturated rings. The van der Waals surface area contributed by atoms with E-state index in [-0.39, 0.29) is 0 Å². The first kappa shape index (κ1) is 25.5. The van der Waals surface area contributed by atoms with Gasteiger partial charge >= 0.3 is 13.0 Å². The molecule has 38 heavy (non-hydrogen) atoms. The Kier molecular flexibility index (Phi) is 6.67. The van der Waals surface area contributed by atoms with Gasteiger partial charge in [-0.3, -0.25) is 0 Å². The summed E-state index contributed by atoms with van der Waals surface area (Å²) in [7, 11) is -0.785. The van der Waals surface area contributed by atoms with Crippen molar-refractivity contribution in [2.45, 2.75) is 40.5 Å². The normalized spacial score (nSPS) is 17.2. The van der Waals surface area contributed by atoms with Gasteiger partial charge in [-0.1, -0.05) is 17.9 Å². The van der Waals surface area contributed by atoms with Crippen LogP contribution in [0.15, 0.2) is 69.1 Å². The zero-order valence-electron chi connectivity index (χ0n) is 22.2. The van der Waals surface area contributed by atoms with Crippen LogP contribution in [0.1, 0.15) is 53.9 Å². The standard InChI is InChI=1S/C31H28BF2N2O2/c1-19-14-21(3)35(5)29(19)27(30-20(2)15-22(4)36(30)32(33)34)13-12-25-17-26-16-23-10-8-6-7-9-11-24(23)18-28(26)38-31(25)37/h6-7,12-18H,8,10H2,1-5H3/q+1/b7-6-,13-12+. The second-order valence-electron chi connectivity index (χ2n) is 9.84. The molecule has 0 amide bonds. The molecular formula is C31H28BF2N2O2+. The van der Waals surface area contributed by atoms with Crippen molar-refractivity contribution in [3.8, 4) is 11.8 Å². The number of rotatable bonds is 4. The first-order chi connectivity index (χ1) is 18.2. The summed E-state index contributed by atoms with van der Waals surface area (Å²) < 4.78 is 37.2. The summed E-state index contributed by atoms with van der Waals surface area (Å²) in [6.07, 6.45) is 10.8. The monoisotopic (exact) mass is 509 g/mol. The van der Waals surface area contributed by atoms with Crippen molar-refractivity contribution < 1.29 is 17.5 Å². The molecule has 3 aromatic rings. The number of aryl methyl sites for hydroxylation is 3. The second-order valence-corrected chi connectivity index (χ2v) is 9.84. The molecule has 0 atom stereocenters. The Bertz CT molecular complexity index is 1770. The molecule has 0 spiro atoms. The number of halogens is 2. The number of benzene rings is 1. The molecule has 2 aromatic heterocycles. The van der Waals surface area contributed by atoms with Crippen LogP contribution < -0.4 is 5.63 Å². The van der Waals surface area contributed by atoms with E-state index in [2.05, 4.69) is 11.8 Å². The highest BCUT2D eigenvalue weighted by molar-refractivity contribution is 6.35. The Balaban J connectivity index is 1.69. The third-order valence-corrected chi connectivity index (χ3v) is 7.19. The molecule has 0 bridgehead atoms. The van der Waals surface area contributed by atoms with Crippen LogP contribution in [-0.2, 0) is 13.5 Å². The van der Waals surface area contributed by atoms with E-state index in [1.807, 2.05) is 62.7 Å². The maximum Gasteiger partial charge on any atom is 0.934 e. The molecule has 190 valence electrons. The van der Waals surface area contributed by atoms with E-state index in [9.17, 15) is 13.4 Å². The van der Waals surface area contributed by atoms with Crippen LogP contribution in [0.5, 0.6) is 0 Å². The molecule has 2 aliphatic rings. The Morgan fingerprint density at radius 3 is 2.66 bits per heavy atom. The van der Waals surface area contributed by atoms with Crippen LogP contribution in [0.2, 0.25) is 0 Å². The van der Waals surface area contributed by atoms with Gasteiger partial charge in [0.25, 0.3) is 0 Å². The van der Waals surface area contributed by atoms with Crippen LogP contribution in [0.3, 0.4) is 0 Å². The van der Waals surface area contributed by atoms with E-state index < -0.39 is 13.0 Å². The van der Waals surface area contributed by atoms with Gasteiger partial charge < -0.3 is 8.98 Å². The number of hydrogen-bond acceptors (Lipinski definition) is 2. The van der Waals surface area contributed by atoms with Crippen molar-refractivity contribution >= 4 is 35.7 Å². The van der Waals surface area contributed by atoms with E-state index in [1.54, 1.807) is 31.2 Å². The zero-order chi connectivity index (χ0) is 27.1. The lowest BCUT2D eigenvalue weighted by atomic mass is 9.98. The van der Waals surface area contributed by atoms with Gasteiger partial charge in [-0.15, -0.1) is 0 Å². The number of allylic oxidation sites excluding steroid dienone is 6. The van der Waals surface area contributed by atoms with Crippen molar-refractivity contribution in [1.29, 1.82) is 0 Å². The number of aromatic nitrogens is 1. The minimum Gasteiger partial charge on any atom is -0.422 e. The quantitative estimate of drug-likeness (QED) is 0.233. The van der Waals surface area contributed by atoms with E-state index in [4.69, 9.17) is 4.42 Å². The highest BCUT2D eigenvalue weighted by Crippen LogP contribution is 2.34. The van der Waals surface area contributed by atoms with Crippen molar-refractivity contribution in [2.24, 2.45) is 7.05 Å². The number of nitrogens with zero attached hydrogens (tertiary/aromatic N) is 2. The fraction of sp³-hybridized carbons (Fsp3) is 0.226. The van der Waals surface area contributed by atoms with Gasteiger partial charge in [0.15, 0.2) is 11.4 Å². The molecule has 3 heterocycles. The van der Waals surface area contributed by atoms with Crippen LogP contribution in [-0.4, -0.2) is 22.2 Å². The van der Waals surface area contributed by atoms with Gasteiger partial charge in [-0.25, -0.2) is 17.9 Å². The summed E-state index contributed by atoms with van der Waals surface area (Å²) in [5.41, 5.74) is 7.32. The smallest absolute Gasteiger partial charge is 0.422 e. The molecule has 0 unspecified atom stereocenters. The van der Waals surface area contributed by atoms with Gasteiger partial charge in [-0.05, 0) is 87.2 Å². The highest BCUT2D eigenvalue weighted by Gasteiger charge is 2.44. The predicted octanol–water partition coefficient (Wildman–Crippen LogP) is 6.38. The molecule has 0 saturated carbocycles. The van der Waals surface area contributed by atoms with Crippen molar-refractivity contribution in [2.75, 3.05) is 0 Å². The van der Waals surface area contributed by atoms with E-state index >= 15 is 0 Å². The van der Waals surface area contributed by atoms with Crippen LogP contribution in [0.25, 0.3) is 22.6 Å². The largest absolute Gasteiger partial charge is 0.934 e. The third-order valence-electron chi connectivity index (χ3n) is 7.19. The lowest BCUT2D eigenvalue weighted by Crippen LogP contribution is -2.25. The third kappa shape index (κ3) is 4.52. The van der Waals surface area contributed by atoms with Crippen molar-refractivity contribution in [3.63, 3.8) is 0 Å². The van der Waals surface area contributed by atoms with Crippen molar-refractivity contribution in [3.05, 3.63) is 104 Å². The Hall–Kier alpha value is -4.18. The minimum absolute atomic E-state index is 0.347. The summed E-state index contributed by atoms with van der Waals surface area (Å²) in [6, 6.07) is 7.66. The fourth-order valence-corrected chi connectivity index (χ4v) is 5.34. The summed E-state index contributed by atoms with van der Waals surface area (Å²) in [4.78, 5) is 13.0. The molecule has 5 rings (SSSR count). The summed E-state index contributed by atoms with van der Waals surface area (Å²) in [6.45, 7) is 7.45. The van der Waals surface area contributed by atoms with E-state index in [1.165, 1.54) is 0 Å². The average Bonchev–Trinajstić information content (AvgIpc) is 3.28. The molecule has 0 N–H and O–H groups in total. The lowest BCUT2D eigenvalue weighted by Gasteiger charge is -2.12. The summed E-state index contributed by atoms with van der Waals surface area (Å²) in [5.74, 6) is 6.13. The van der Waals surface area contributed by atoms with Crippen LogP contribution >= 0.6 is 0 Å².